The van der Waals surface area contributed by atoms with Crippen molar-refractivity contribution in [2.45, 2.75) is 12.6 Å². The van der Waals surface area contributed by atoms with Crippen molar-refractivity contribution in [1.29, 1.82) is 0 Å². The number of benzene rings is 1. The van der Waals surface area contributed by atoms with Gasteiger partial charge in [-0.05, 0) is 46.1 Å². The lowest BCUT2D eigenvalue weighted by Gasteiger charge is -2.13. The Bertz CT molecular complexity index is 615. The third-order valence-electron chi connectivity index (χ3n) is 2.80. The quantitative estimate of drug-likeness (QED) is 0.857. The Labute approximate surface area is 128 Å². The van der Waals surface area contributed by atoms with Gasteiger partial charge in [-0.15, -0.1) is 0 Å². The van der Waals surface area contributed by atoms with Gasteiger partial charge in [0, 0.05) is 17.2 Å². The highest BCUT2D eigenvalue weighted by Crippen LogP contribution is 2.35. The van der Waals surface area contributed by atoms with Crippen molar-refractivity contribution in [2.24, 2.45) is 0 Å². The van der Waals surface area contributed by atoms with E-state index >= 15 is 0 Å². The monoisotopic (exact) mass is 360 g/mol. The summed E-state index contributed by atoms with van der Waals surface area (Å²) in [5, 5.41) is 11.9. The van der Waals surface area contributed by atoms with Crippen LogP contribution in [0.3, 0.4) is 0 Å². The Kier molecular flexibility index (Phi) is 4.72. The number of pyridine rings is 1. The van der Waals surface area contributed by atoms with Gasteiger partial charge < -0.3 is 10.4 Å². The summed E-state index contributed by atoms with van der Waals surface area (Å²) in [6.07, 6.45) is -2.62. The number of phenolic OH excluding ortho intramolecular Hbond substituents is 1. The van der Waals surface area contributed by atoms with Crippen LogP contribution in [0.15, 0.2) is 41.0 Å². The van der Waals surface area contributed by atoms with Gasteiger partial charge in [0.1, 0.15) is 11.6 Å². The molecule has 3 nitrogen and oxygen atoms in total. The normalized spacial score (nSPS) is 11.4. The van der Waals surface area contributed by atoms with Crippen LogP contribution in [0.25, 0.3) is 0 Å². The second-order valence-corrected chi connectivity index (χ2v) is 5.31. The Morgan fingerprint density at radius 2 is 1.86 bits per heavy atom. The van der Waals surface area contributed by atoms with Crippen LogP contribution in [-0.2, 0) is 12.6 Å². The second-order valence-electron chi connectivity index (χ2n) is 4.39. The van der Waals surface area contributed by atoms with E-state index in [0.29, 0.717) is 13.0 Å². The minimum absolute atomic E-state index is 0.153. The highest BCUT2D eigenvalue weighted by Gasteiger charge is 2.34. The van der Waals surface area contributed by atoms with Crippen LogP contribution in [0.4, 0.5) is 19.0 Å². The maximum Gasteiger partial charge on any atom is 0.419 e. The number of nitrogens with one attached hydrogen (secondary N) is 1. The Morgan fingerprint density at radius 1 is 1.19 bits per heavy atom. The predicted octanol–water partition coefficient (Wildman–Crippen LogP) is 4.22. The zero-order valence-corrected chi connectivity index (χ0v) is 12.4. The van der Waals surface area contributed by atoms with E-state index in [4.69, 9.17) is 5.11 Å². The molecule has 21 heavy (non-hydrogen) atoms. The third kappa shape index (κ3) is 4.35. The number of aromatic nitrogens is 1. The van der Waals surface area contributed by atoms with Gasteiger partial charge >= 0.3 is 6.18 Å². The number of halogens is 4. The average molecular weight is 361 g/mol. The zero-order valence-electron chi connectivity index (χ0n) is 10.8. The summed E-state index contributed by atoms with van der Waals surface area (Å²) < 4.78 is 39.0. The van der Waals surface area contributed by atoms with E-state index in [9.17, 15) is 13.2 Å². The van der Waals surface area contributed by atoms with Crippen molar-refractivity contribution >= 4 is 21.7 Å². The molecule has 0 radical (unpaired) electrons. The average Bonchev–Trinajstić information content (AvgIpc) is 2.41. The Balaban J connectivity index is 2.05. The van der Waals surface area contributed by atoms with Gasteiger partial charge in [-0.3, -0.25) is 0 Å². The lowest BCUT2D eigenvalue weighted by Crippen LogP contribution is -2.14. The predicted molar refractivity (Wildman–Crippen MR) is 77.2 cm³/mol. The fourth-order valence-electron chi connectivity index (χ4n) is 1.78. The summed E-state index contributed by atoms with van der Waals surface area (Å²) in [6.45, 7) is 0.308. The molecule has 0 spiro atoms. The van der Waals surface area contributed by atoms with E-state index in [1.165, 1.54) is 18.3 Å². The number of anilines is 1. The second kappa shape index (κ2) is 6.34. The third-order valence-corrected chi connectivity index (χ3v) is 3.24. The first-order chi connectivity index (χ1) is 9.86. The minimum Gasteiger partial charge on any atom is -0.508 e. The number of hydrogen-bond donors (Lipinski definition) is 2. The number of phenols is 1. The largest absolute Gasteiger partial charge is 0.508 e. The first kappa shape index (κ1) is 15.6. The van der Waals surface area contributed by atoms with Crippen molar-refractivity contribution in [3.8, 4) is 5.75 Å². The summed E-state index contributed by atoms with van der Waals surface area (Å²) in [5.74, 6) is -0.0369. The molecule has 2 N–H and O–H groups in total. The molecule has 112 valence electrons. The standard InChI is InChI=1S/C14H12BrF3N2O/c15-10-7-12(14(16,17)18)13(20-8-10)19-6-5-9-1-3-11(21)4-2-9/h1-4,7-8,21H,5-6H2,(H,19,20). The van der Waals surface area contributed by atoms with E-state index < -0.39 is 11.7 Å². The van der Waals surface area contributed by atoms with Gasteiger partial charge in [-0.1, -0.05) is 12.1 Å². The molecule has 0 fully saturated rings. The first-order valence-corrected chi connectivity index (χ1v) is 6.90. The molecule has 1 heterocycles. The molecular formula is C14H12BrF3N2O. The summed E-state index contributed by atoms with van der Waals surface area (Å²) >= 11 is 2.99. The molecule has 0 aliphatic heterocycles. The molecule has 2 rings (SSSR count). The lowest BCUT2D eigenvalue weighted by atomic mass is 10.1. The fraction of sp³-hybridized carbons (Fsp3) is 0.214. The molecular weight excluding hydrogens is 349 g/mol. The van der Waals surface area contributed by atoms with Crippen molar-refractivity contribution in [3.63, 3.8) is 0 Å². The van der Waals surface area contributed by atoms with E-state index in [1.54, 1.807) is 12.1 Å². The Hall–Kier alpha value is -1.76. The molecule has 0 amide bonds. The topological polar surface area (TPSA) is 45.1 Å². The molecule has 1 aromatic carbocycles. The molecule has 0 atom stereocenters. The number of nitrogens with zero attached hydrogens (tertiary/aromatic N) is 1. The van der Waals surface area contributed by atoms with Gasteiger partial charge in [-0.2, -0.15) is 13.2 Å². The summed E-state index contributed by atoms with van der Waals surface area (Å²) in [4.78, 5) is 3.77. The van der Waals surface area contributed by atoms with E-state index in [2.05, 4.69) is 26.2 Å². The van der Waals surface area contributed by atoms with Gasteiger partial charge in [0.2, 0.25) is 0 Å². The number of rotatable bonds is 4. The Morgan fingerprint density at radius 3 is 2.48 bits per heavy atom. The van der Waals surface area contributed by atoms with Crippen LogP contribution >= 0.6 is 15.9 Å². The van der Waals surface area contributed by atoms with Crippen LogP contribution in [0, 0.1) is 0 Å². The first-order valence-electron chi connectivity index (χ1n) is 6.11. The minimum atomic E-state index is -4.46. The SMILES string of the molecule is Oc1ccc(CCNc2ncc(Br)cc2C(F)(F)F)cc1. The molecule has 0 aliphatic rings. The highest BCUT2D eigenvalue weighted by atomic mass is 79.9. The van der Waals surface area contributed by atoms with Gasteiger partial charge in [-0.25, -0.2) is 4.98 Å². The van der Waals surface area contributed by atoms with Crippen LogP contribution in [0.2, 0.25) is 0 Å². The van der Waals surface area contributed by atoms with Crippen molar-refractivity contribution in [1.82, 2.24) is 4.98 Å². The van der Waals surface area contributed by atoms with Gasteiger partial charge in [0.25, 0.3) is 0 Å². The van der Waals surface area contributed by atoms with Crippen molar-refractivity contribution in [3.05, 3.63) is 52.1 Å². The lowest BCUT2D eigenvalue weighted by molar-refractivity contribution is -0.137. The zero-order chi connectivity index (χ0) is 15.5. The maximum absolute atomic E-state index is 12.9. The van der Waals surface area contributed by atoms with Crippen LogP contribution < -0.4 is 5.32 Å². The molecule has 1 aromatic heterocycles. The number of hydrogen-bond acceptors (Lipinski definition) is 3. The van der Waals surface area contributed by atoms with Crippen molar-refractivity contribution < 1.29 is 18.3 Å². The molecule has 0 saturated carbocycles. The van der Waals surface area contributed by atoms with Crippen LogP contribution in [0.1, 0.15) is 11.1 Å². The summed E-state index contributed by atoms with van der Waals surface area (Å²) in [7, 11) is 0. The van der Waals surface area contributed by atoms with E-state index in [-0.39, 0.29) is 16.0 Å². The van der Waals surface area contributed by atoms with E-state index in [0.717, 1.165) is 11.6 Å². The molecule has 7 heteroatoms. The van der Waals surface area contributed by atoms with Crippen molar-refractivity contribution in [2.75, 3.05) is 11.9 Å². The number of alkyl halides is 3. The van der Waals surface area contributed by atoms with E-state index in [1.807, 2.05) is 0 Å². The highest BCUT2D eigenvalue weighted by molar-refractivity contribution is 9.10. The molecule has 0 bridgehead atoms. The number of aromatic hydroxyl groups is 1. The molecule has 0 unspecified atom stereocenters. The smallest absolute Gasteiger partial charge is 0.419 e. The van der Waals surface area contributed by atoms with Crippen LogP contribution in [-0.4, -0.2) is 16.6 Å². The molecule has 0 saturated heterocycles. The van der Waals surface area contributed by atoms with Gasteiger partial charge in [0.05, 0.1) is 5.56 Å². The van der Waals surface area contributed by atoms with Gasteiger partial charge in [0.15, 0.2) is 0 Å². The summed E-state index contributed by atoms with van der Waals surface area (Å²) in [6, 6.07) is 7.51. The maximum atomic E-state index is 12.9. The summed E-state index contributed by atoms with van der Waals surface area (Å²) in [5.41, 5.74) is 0.105. The molecule has 2 aromatic rings. The fourth-order valence-corrected chi connectivity index (χ4v) is 2.12. The molecule has 0 aliphatic carbocycles. The van der Waals surface area contributed by atoms with Crippen LogP contribution in [0.5, 0.6) is 5.75 Å².